The van der Waals surface area contributed by atoms with Gasteiger partial charge in [-0.2, -0.15) is 0 Å². The summed E-state index contributed by atoms with van der Waals surface area (Å²) in [6, 6.07) is 77.0. The zero-order valence-electron chi connectivity index (χ0n) is 40.4. The number of benzene rings is 10. The smallest absolute Gasteiger partial charge is 0.0509 e. The molecule has 70 heavy (non-hydrogen) atoms. The average molecular weight is 901 g/mol. The van der Waals surface area contributed by atoms with Crippen LogP contribution >= 0.6 is 0 Å². The van der Waals surface area contributed by atoms with Crippen LogP contribution in [0.15, 0.2) is 206 Å². The number of aromatic nitrogens is 2. The molecule has 0 aliphatic heterocycles. The molecule has 2 aliphatic rings. The van der Waals surface area contributed by atoms with Crippen molar-refractivity contribution in [3.8, 4) is 22.3 Å². The minimum atomic E-state index is -0.0976. The lowest BCUT2D eigenvalue weighted by Gasteiger charge is -2.28. The Bertz CT molecular complexity index is 3880. The largest absolute Gasteiger partial charge is 0.344 e. The van der Waals surface area contributed by atoms with Gasteiger partial charge in [0.15, 0.2) is 0 Å². The Morgan fingerprint density at radius 2 is 0.629 bits per heavy atom. The number of fused-ring (bicyclic) bond motifs is 15. The molecule has 0 unspecified atom stereocenters. The van der Waals surface area contributed by atoms with Gasteiger partial charge in [-0.15, -0.1) is 0 Å². The summed E-state index contributed by atoms with van der Waals surface area (Å²) < 4.78 is 4.77. The molecule has 0 saturated heterocycles. The molecule has 4 heteroatoms. The Kier molecular flexibility index (Phi) is 8.48. The van der Waals surface area contributed by atoms with Gasteiger partial charge in [-0.1, -0.05) is 149 Å². The minimum absolute atomic E-state index is 0.0976. The molecular formula is C66H52N4. The first-order chi connectivity index (χ1) is 34.1. The van der Waals surface area contributed by atoms with E-state index >= 15 is 0 Å². The van der Waals surface area contributed by atoms with Crippen molar-refractivity contribution in [2.45, 2.75) is 38.5 Å². The second kappa shape index (κ2) is 14.6. The summed E-state index contributed by atoms with van der Waals surface area (Å²) in [4.78, 5) is 4.84. The maximum absolute atomic E-state index is 2.42. The van der Waals surface area contributed by atoms with Gasteiger partial charge >= 0.3 is 0 Å². The lowest BCUT2D eigenvalue weighted by Crippen LogP contribution is -2.16. The molecule has 10 aromatic carbocycles. The van der Waals surface area contributed by atoms with Crippen molar-refractivity contribution in [3.05, 3.63) is 229 Å². The highest BCUT2D eigenvalue weighted by atomic mass is 15.2. The summed E-state index contributed by atoms with van der Waals surface area (Å²) in [7, 11) is 4.44. The zero-order chi connectivity index (χ0) is 47.2. The molecule has 0 amide bonds. The molecule has 12 aromatic rings. The summed E-state index contributed by atoms with van der Waals surface area (Å²) in [5.74, 6) is 0. The Hall–Kier alpha value is -8.34. The summed E-state index contributed by atoms with van der Waals surface area (Å²) in [5.41, 5.74) is 22.4. The summed E-state index contributed by atoms with van der Waals surface area (Å²) >= 11 is 0. The van der Waals surface area contributed by atoms with E-state index in [-0.39, 0.29) is 10.8 Å². The van der Waals surface area contributed by atoms with E-state index in [0.717, 1.165) is 34.1 Å². The topological polar surface area (TPSA) is 16.3 Å². The molecule has 0 atom stereocenters. The molecule has 0 bridgehead atoms. The Labute approximate surface area is 408 Å². The lowest BCUT2D eigenvalue weighted by atomic mass is 9.82. The van der Waals surface area contributed by atoms with Crippen LogP contribution in [0.25, 0.3) is 76.6 Å². The predicted molar refractivity (Wildman–Crippen MR) is 296 cm³/mol. The van der Waals surface area contributed by atoms with Gasteiger partial charge in [0.1, 0.15) is 0 Å². The van der Waals surface area contributed by atoms with E-state index in [1.807, 2.05) is 0 Å². The van der Waals surface area contributed by atoms with E-state index in [4.69, 9.17) is 0 Å². The van der Waals surface area contributed by atoms with Crippen LogP contribution in [0.3, 0.4) is 0 Å². The summed E-state index contributed by atoms with van der Waals surface area (Å²) in [6.07, 6.45) is 0. The third-order valence-corrected chi connectivity index (χ3v) is 16.3. The average Bonchev–Trinajstić information content (AvgIpc) is 4.01. The van der Waals surface area contributed by atoms with Gasteiger partial charge in [0.2, 0.25) is 0 Å². The molecule has 0 spiro atoms. The van der Waals surface area contributed by atoms with Crippen LogP contribution in [0.4, 0.5) is 34.1 Å². The number of para-hydroxylation sites is 2. The van der Waals surface area contributed by atoms with E-state index in [1.165, 1.54) is 98.9 Å². The standard InChI is InChI=1S/C66H52N4/c1-65(2)55-23-15-13-21-47(55)49-29-25-43(37-57(49)65)69(41-17-9-7-10-18-41)45-27-31-53-61(39-45)67(5)59-35-33-52-51(63(53)59)34-36-60-64(52)54-32-28-46(40-62(54)68(60)6)70(42-19-11-8-12-20-42)44-26-30-50-48-22-14-16-24-56(48)66(3,4)58(50)38-44/h7-40H,1-6H3. The first-order valence-corrected chi connectivity index (χ1v) is 24.6. The predicted octanol–water partition coefficient (Wildman–Crippen LogP) is 17.7. The van der Waals surface area contributed by atoms with Crippen LogP contribution in [0.2, 0.25) is 0 Å². The van der Waals surface area contributed by atoms with Crippen LogP contribution in [-0.4, -0.2) is 9.13 Å². The molecule has 0 fully saturated rings. The molecular weight excluding hydrogens is 849 g/mol. The summed E-state index contributed by atoms with van der Waals surface area (Å²) in [6.45, 7) is 9.44. The fourth-order valence-corrected chi connectivity index (χ4v) is 12.8. The SMILES string of the molecule is Cn1c2cc(N(c3ccccc3)c3ccc4c(c3)C(C)(C)c3ccccc3-4)ccc2c2c3ccc4c(c3ccc21)c1ccc(N(c2ccccc2)c2ccc3c(c2)C(C)(C)c2ccccc2-3)cc1n4C. The number of anilines is 6. The molecule has 0 radical (unpaired) electrons. The number of hydrogen-bond donors (Lipinski definition) is 0. The fraction of sp³-hybridized carbons (Fsp3) is 0.121. The monoisotopic (exact) mass is 900 g/mol. The molecule has 336 valence electrons. The molecule has 2 aliphatic carbocycles. The Morgan fingerprint density at radius 3 is 1.06 bits per heavy atom. The van der Waals surface area contributed by atoms with Crippen LogP contribution < -0.4 is 9.80 Å². The van der Waals surface area contributed by atoms with Crippen LogP contribution in [0.1, 0.15) is 49.9 Å². The molecule has 0 N–H and O–H groups in total. The number of rotatable bonds is 6. The third kappa shape index (κ3) is 5.59. The van der Waals surface area contributed by atoms with Gasteiger partial charge in [-0.05, 0) is 140 Å². The molecule has 2 heterocycles. The van der Waals surface area contributed by atoms with Crippen molar-refractivity contribution in [2.75, 3.05) is 9.80 Å². The van der Waals surface area contributed by atoms with Gasteiger partial charge in [0.05, 0.1) is 11.0 Å². The van der Waals surface area contributed by atoms with Gasteiger partial charge < -0.3 is 18.9 Å². The second-order valence-electron chi connectivity index (χ2n) is 20.7. The van der Waals surface area contributed by atoms with Crippen LogP contribution in [0.5, 0.6) is 0 Å². The van der Waals surface area contributed by atoms with Crippen molar-refractivity contribution in [2.24, 2.45) is 14.1 Å². The van der Waals surface area contributed by atoms with Crippen molar-refractivity contribution >= 4 is 88.5 Å². The van der Waals surface area contributed by atoms with Crippen LogP contribution in [0, 0.1) is 0 Å². The van der Waals surface area contributed by atoms with E-state index in [0.29, 0.717) is 0 Å². The van der Waals surface area contributed by atoms with Crippen molar-refractivity contribution < 1.29 is 0 Å². The number of aryl methyl sites for hydroxylation is 2. The Morgan fingerprint density at radius 1 is 0.286 bits per heavy atom. The highest BCUT2D eigenvalue weighted by molar-refractivity contribution is 6.29. The molecule has 14 rings (SSSR count). The van der Waals surface area contributed by atoms with Gasteiger partial charge in [0, 0.05) is 91.6 Å². The van der Waals surface area contributed by atoms with E-state index in [1.54, 1.807) is 0 Å². The first-order valence-electron chi connectivity index (χ1n) is 24.6. The zero-order valence-corrected chi connectivity index (χ0v) is 40.4. The maximum Gasteiger partial charge on any atom is 0.0509 e. The van der Waals surface area contributed by atoms with Crippen molar-refractivity contribution in [1.82, 2.24) is 9.13 Å². The molecule has 4 nitrogen and oxygen atoms in total. The second-order valence-corrected chi connectivity index (χ2v) is 20.7. The van der Waals surface area contributed by atoms with Crippen molar-refractivity contribution in [1.29, 1.82) is 0 Å². The van der Waals surface area contributed by atoms with Crippen LogP contribution in [-0.2, 0) is 24.9 Å². The normalized spacial score (nSPS) is 14.1. The van der Waals surface area contributed by atoms with Gasteiger partial charge in [-0.25, -0.2) is 0 Å². The number of hydrogen-bond acceptors (Lipinski definition) is 2. The van der Waals surface area contributed by atoms with E-state index < -0.39 is 0 Å². The highest BCUT2D eigenvalue weighted by Crippen LogP contribution is 2.53. The Balaban J connectivity index is 0.902. The van der Waals surface area contributed by atoms with Gasteiger partial charge in [-0.3, -0.25) is 0 Å². The molecule has 0 saturated carbocycles. The maximum atomic E-state index is 2.42. The third-order valence-electron chi connectivity index (χ3n) is 16.3. The lowest BCUT2D eigenvalue weighted by molar-refractivity contribution is 0.660. The van der Waals surface area contributed by atoms with Crippen molar-refractivity contribution in [3.63, 3.8) is 0 Å². The van der Waals surface area contributed by atoms with E-state index in [2.05, 4.69) is 267 Å². The fourth-order valence-electron chi connectivity index (χ4n) is 12.8. The quantitative estimate of drug-likeness (QED) is 0.165. The number of nitrogens with zero attached hydrogens (tertiary/aromatic N) is 4. The molecule has 2 aromatic heterocycles. The minimum Gasteiger partial charge on any atom is -0.344 e. The first kappa shape index (κ1) is 40.7. The highest BCUT2D eigenvalue weighted by Gasteiger charge is 2.37. The summed E-state index contributed by atoms with van der Waals surface area (Å²) in [5, 5.41) is 7.63. The van der Waals surface area contributed by atoms with Gasteiger partial charge in [0.25, 0.3) is 0 Å². The van der Waals surface area contributed by atoms with E-state index in [9.17, 15) is 0 Å².